The van der Waals surface area contributed by atoms with Crippen LogP contribution < -0.4 is 0 Å². The highest BCUT2D eigenvalue weighted by atomic mass is 15.3. The van der Waals surface area contributed by atoms with Crippen LogP contribution in [0.15, 0.2) is 79.3 Å². The number of aliphatic imine (C=N–C) groups is 1. The maximum absolute atomic E-state index is 4.53. The highest BCUT2D eigenvalue weighted by Gasteiger charge is 2.39. The Labute approximate surface area is 148 Å². The van der Waals surface area contributed by atoms with Gasteiger partial charge in [-0.05, 0) is 31.6 Å². The van der Waals surface area contributed by atoms with Gasteiger partial charge in [0.25, 0.3) is 0 Å². The maximum atomic E-state index is 4.53. The number of unbranched alkanes of at least 4 members (excludes halogenated alkanes) is 2. The van der Waals surface area contributed by atoms with Crippen LogP contribution in [0.1, 0.15) is 33.1 Å². The smallest absolute Gasteiger partial charge is 0.380 e. The lowest BCUT2D eigenvalue weighted by Crippen LogP contribution is -2.57. The van der Waals surface area contributed by atoms with Gasteiger partial charge in [0.05, 0.1) is 0 Å². The molecule has 0 aromatic rings. The molecule has 1 rings (SSSR count). The SMILES string of the molecule is C=C/C=C1C(=N/C=C)/N(C=C)B(CCCCC)N(CC)C/1=C/C=C. The molecule has 1 saturated heterocycles. The third-order valence-corrected chi connectivity index (χ3v) is 4.13. The van der Waals surface area contributed by atoms with Gasteiger partial charge >= 0.3 is 6.98 Å². The topological polar surface area (TPSA) is 18.8 Å². The van der Waals surface area contributed by atoms with E-state index in [4.69, 9.17) is 0 Å². The fraction of sp³-hybridized carbons (Fsp3) is 0.350. The number of likely N-dealkylation sites (N-methyl/N-ethyl adjacent to an activating group) is 1. The normalized spacial score (nSPS) is 19.9. The Morgan fingerprint density at radius 3 is 2.25 bits per heavy atom. The minimum Gasteiger partial charge on any atom is -0.395 e. The molecule has 1 aliphatic heterocycles. The first kappa shape index (κ1) is 19.8. The Bertz CT molecular complexity index is 557. The lowest BCUT2D eigenvalue weighted by atomic mass is 9.63. The highest BCUT2D eigenvalue weighted by molar-refractivity contribution is 6.59. The van der Waals surface area contributed by atoms with Crippen molar-refractivity contribution in [3.8, 4) is 0 Å². The van der Waals surface area contributed by atoms with Gasteiger partial charge in [0.2, 0.25) is 0 Å². The second-order valence-electron chi connectivity index (χ2n) is 5.59. The second-order valence-corrected chi connectivity index (χ2v) is 5.59. The summed E-state index contributed by atoms with van der Waals surface area (Å²) in [5.74, 6) is 0.860. The summed E-state index contributed by atoms with van der Waals surface area (Å²) in [6.07, 6.45) is 15.8. The van der Waals surface area contributed by atoms with Crippen LogP contribution in [0.3, 0.4) is 0 Å². The largest absolute Gasteiger partial charge is 0.395 e. The second kappa shape index (κ2) is 10.5. The summed E-state index contributed by atoms with van der Waals surface area (Å²) < 4.78 is 0. The Hall–Kier alpha value is -2.23. The van der Waals surface area contributed by atoms with Crippen LogP contribution in [0, 0.1) is 0 Å². The highest BCUT2D eigenvalue weighted by Crippen LogP contribution is 2.31. The fourth-order valence-electron chi connectivity index (χ4n) is 3.12. The Morgan fingerprint density at radius 2 is 1.75 bits per heavy atom. The molecule has 0 atom stereocenters. The van der Waals surface area contributed by atoms with Gasteiger partial charge in [-0.2, -0.15) is 0 Å². The molecule has 0 amide bonds. The molecular formula is C20H30BN3. The molecule has 0 N–H and O–H groups in total. The van der Waals surface area contributed by atoms with Crippen molar-refractivity contribution in [2.24, 2.45) is 4.99 Å². The number of amidine groups is 1. The van der Waals surface area contributed by atoms with Gasteiger partial charge < -0.3 is 9.62 Å². The summed E-state index contributed by atoms with van der Waals surface area (Å²) in [5.41, 5.74) is 2.13. The molecule has 24 heavy (non-hydrogen) atoms. The first-order valence-corrected chi connectivity index (χ1v) is 8.72. The van der Waals surface area contributed by atoms with Gasteiger partial charge in [-0.25, -0.2) is 4.99 Å². The number of allylic oxidation sites excluding steroid dienone is 4. The quantitative estimate of drug-likeness (QED) is 0.430. The van der Waals surface area contributed by atoms with Crippen LogP contribution in [0.2, 0.25) is 6.32 Å². The minimum absolute atomic E-state index is 0.200. The van der Waals surface area contributed by atoms with Crippen molar-refractivity contribution < 1.29 is 0 Å². The number of nitrogens with zero attached hydrogens (tertiary/aromatic N) is 3. The molecular weight excluding hydrogens is 293 g/mol. The Kier molecular flexibility index (Phi) is 8.70. The van der Waals surface area contributed by atoms with Crippen molar-refractivity contribution in [3.63, 3.8) is 0 Å². The summed E-state index contributed by atoms with van der Waals surface area (Å²) in [7, 11) is 0. The standard InChI is InChI=1S/C20H30BN3/c1-7-13-14-17-21-23(11-5)19(16-9-3)18(15-8-2)20(22-10-4)24(21)12-6/h8-10,12,15-16H,2-4,6-7,11,13-14,17H2,1,5H3/b18-15+,19-16+,22-20-. The average Bonchev–Trinajstić information content (AvgIpc) is 2.58. The van der Waals surface area contributed by atoms with Crippen LogP contribution in [0.25, 0.3) is 0 Å². The van der Waals surface area contributed by atoms with Crippen molar-refractivity contribution in [1.29, 1.82) is 0 Å². The van der Waals surface area contributed by atoms with Crippen LogP contribution in [-0.2, 0) is 0 Å². The van der Waals surface area contributed by atoms with Crippen molar-refractivity contribution >= 4 is 12.8 Å². The summed E-state index contributed by atoms with van der Waals surface area (Å²) in [6.45, 7) is 21.0. The van der Waals surface area contributed by atoms with E-state index < -0.39 is 0 Å². The van der Waals surface area contributed by atoms with Crippen molar-refractivity contribution in [2.45, 2.75) is 39.4 Å². The molecule has 0 aliphatic carbocycles. The van der Waals surface area contributed by atoms with Crippen LogP contribution in [0.5, 0.6) is 0 Å². The van der Waals surface area contributed by atoms with E-state index in [1.807, 2.05) is 24.4 Å². The third-order valence-electron chi connectivity index (χ3n) is 4.13. The van der Waals surface area contributed by atoms with E-state index in [1.54, 1.807) is 12.3 Å². The van der Waals surface area contributed by atoms with E-state index in [9.17, 15) is 0 Å². The molecule has 0 aromatic heterocycles. The molecule has 0 saturated carbocycles. The van der Waals surface area contributed by atoms with E-state index in [1.165, 1.54) is 19.3 Å². The fourth-order valence-corrected chi connectivity index (χ4v) is 3.12. The summed E-state index contributed by atoms with van der Waals surface area (Å²) in [4.78, 5) is 9.07. The molecule has 3 nitrogen and oxygen atoms in total. The molecule has 0 bridgehead atoms. The predicted molar refractivity (Wildman–Crippen MR) is 109 cm³/mol. The van der Waals surface area contributed by atoms with E-state index in [2.05, 4.69) is 54.8 Å². The lowest BCUT2D eigenvalue weighted by molar-refractivity contribution is 0.504. The van der Waals surface area contributed by atoms with Crippen LogP contribution in [0.4, 0.5) is 0 Å². The first-order valence-electron chi connectivity index (χ1n) is 8.72. The van der Waals surface area contributed by atoms with E-state index in [-0.39, 0.29) is 6.98 Å². The summed E-state index contributed by atoms with van der Waals surface area (Å²) in [6, 6.07) is 0. The number of hydrogen-bond acceptors (Lipinski definition) is 2. The van der Waals surface area contributed by atoms with Gasteiger partial charge in [0, 0.05) is 24.0 Å². The van der Waals surface area contributed by atoms with Crippen molar-refractivity contribution in [2.75, 3.05) is 6.54 Å². The van der Waals surface area contributed by atoms with E-state index >= 15 is 0 Å². The van der Waals surface area contributed by atoms with Crippen molar-refractivity contribution in [3.05, 3.63) is 74.3 Å². The lowest BCUT2D eigenvalue weighted by Gasteiger charge is -2.45. The summed E-state index contributed by atoms with van der Waals surface area (Å²) in [5, 5.41) is 0. The third kappa shape index (κ3) is 4.41. The molecule has 1 aliphatic rings. The maximum Gasteiger partial charge on any atom is 0.380 e. The predicted octanol–water partition coefficient (Wildman–Crippen LogP) is 5.17. The molecule has 0 spiro atoms. The van der Waals surface area contributed by atoms with Gasteiger partial charge in [-0.1, -0.05) is 64.7 Å². The zero-order chi connectivity index (χ0) is 17.9. The molecule has 0 unspecified atom stereocenters. The van der Waals surface area contributed by atoms with Gasteiger partial charge in [-0.15, -0.1) is 0 Å². The summed E-state index contributed by atoms with van der Waals surface area (Å²) >= 11 is 0. The minimum atomic E-state index is 0.200. The Morgan fingerprint density at radius 1 is 1.04 bits per heavy atom. The molecule has 0 aromatic carbocycles. The van der Waals surface area contributed by atoms with Gasteiger partial charge in [0.1, 0.15) is 5.84 Å². The van der Waals surface area contributed by atoms with Gasteiger partial charge in [0.15, 0.2) is 0 Å². The zero-order valence-corrected chi connectivity index (χ0v) is 15.2. The monoisotopic (exact) mass is 323 g/mol. The van der Waals surface area contributed by atoms with E-state index in [0.29, 0.717) is 0 Å². The number of rotatable bonds is 9. The van der Waals surface area contributed by atoms with Crippen LogP contribution in [-0.4, -0.2) is 29.0 Å². The van der Waals surface area contributed by atoms with E-state index in [0.717, 1.165) is 30.0 Å². The molecule has 1 fully saturated rings. The zero-order valence-electron chi connectivity index (χ0n) is 15.2. The molecule has 4 heteroatoms. The van der Waals surface area contributed by atoms with Crippen molar-refractivity contribution in [1.82, 2.24) is 9.62 Å². The Balaban J connectivity index is 3.45. The van der Waals surface area contributed by atoms with Crippen LogP contribution >= 0.6 is 0 Å². The number of hydrogen-bond donors (Lipinski definition) is 0. The average molecular weight is 323 g/mol. The molecule has 0 radical (unpaired) electrons. The molecule has 1 heterocycles. The first-order chi connectivity index (χ1) is 11.7. The molecule has 128 valence electrons. The van der Waals surface area contributed by atoms with Gasteiger partial charge in [-0.3, -0.25) is 0 Å².